The van der Waals surface area contributed by atoms with Crippen molar-refractivity contribution in [2.24, 2.45) is 5.92 Å². The minimum Gasteiger partial charge on any atom is -0.314 e. The summed E-state index contributed by atoms with van der Waals surface area (Å²) in [6, 6.07) is 5.89. The molecule has 3 heteroatoms. The number of hydrogen-bond acceptors (Lipinski definition) is 2. The number of pyridine rings is 1. The molecule has 0 bridgehead atoms. The summed E-state index contributed by atoms with van der Waals surface area (Å²) in [7, 11) is 0. The monoisotopic (exact) mass is 248 g/mol. The first-order valence-electron chi connectivity index (χ1n) is 7.16. The van der Waals surface area contributed by atoms with Crippen LogP contribution < -0.4 is 10.9 Å². The van der Waals surface area contributed by atoms with E-state index in [0.29, 0.717) is 6.04 Å². The molecular weight excluding hydrogens is 224 g/mol. The SMILES string of the molecule is C[C@@H](NCCn1ccccc1=O)C1CCCCC1. The highest BCUT2D eigenvalue weighted by Gasteiger charge is 2.19. The van der Waals surface area contributed by atoms with Gasteiger partial charge in [-0.05, 0) is 31.7 Å². The van der Waals surface area contributed by atoms with Gasteiger partial charge in [0.15, 0.2) is 0 Å². The Morgan fingerprint density at radius 1 is 1.33 bits per heavy atom. The van der Waals surface area contributed by atoms with E-state index in [1.807, 2.05) is 12.3 Å². The Morgan fingerprint density at radius 3 is 2.83 bits per heavy atom. The Bertz CT molecular complexity index is 407. The van der Waals surface area contributed by atoms with Crippen molar-refractivity contribution in [3.63, 3.8) is 0 Å². The highest BCUT2D eigenvalue weighted by molar-refractivity contribution is 4.93. The first-order chi connectivity index (χ1) is 8.77. The first kappa shape index (κ1) is 13.3. The minimum atomic E-state index is 0.0876. The predicted octanol–water partition coefficient (Wildman–Crippen LogP) is 2.41. The fourth-order valence-electron chi connectivity index (χ4n) is 2.86. The lowest BCUT2D eigenvalue weighted by molar-refractivity contribution is 0.279. The third-order valence-electron chi connectivity index (χ3n) is 4.07. The molecule has 0 unspecified atom stereocenters. The van der Waals surface area contributed by atoms with Crippen molar-refractivity contribution >= 4 is 0 Å². The fraction of sp³-hybridized carbons (Fsp3) is 0.667. The van der Waals surface area contributed by atoms with E-state index in [9.17, 15) is 4.79 Å². The van der Waals surface area contributed by atoms with Gasteiger partial charge in [0, 0.05) is 31.4 Å². The number of nitrogens with one attached hydrogen (secondary N) is 1. The number of nitrogens with zero attached hydrogens (tertiary/aromatic N) is 1. The molecule has 18 heavy (non-hydrogen) atoms. The standard InChI is InChI=1S/C15H24N2O/c1-13(14-7-3-2-4-8-14)16-10-12-17-11-6-5-9-15(17)18/h5-6,9,11,13-14,16H,2-4,7-8,10,12H2,1H3/t13-/m1/s1. The Morgan fingerprint density at radius 2 is 2.11 bits per heavy atom. The van der Waals surface area contributed by atoms with Crippen molar-refractivity contribution in [2.45, 2.75) is 51.6 Å². The van der Waals surface area contributed by atoms with Gasteiger partial charge in [0.2, 0.25) is 0 Å². The quantitative estimate of drug-likeness (QED) is 0.868. The van der Waals surface area contributed by atoms with Crippen LogP contribution in [0.25, 0.3) is 0 Å². The maximum absolute atomic E-state index is 11.5. The van der Waals surface area contributed by atoms with Crippen LogP contribution in [0.5, 0.6) is 0 Å². The van der Waals surface area contributed by atoms with E-state index < -0.39 is 0 Å². The highest BCUT2D eigenvalue weighted by Crippen LogP contribution is 2.26. The Labute approximate surface area is 109 Å². The lowest BCUT2D eigenvalue weighted by atomic mass is 9.84. The predicted molar refractivity (Wildman–Crippen MR) is 74.7 cm³/mol. The summed E-state index contributed by atoms with van der Waals surface area (Å²) in [4.78, 5) is 11.5. The van der Waals surface area contributed by atoms with Gasteiger partial charge < -0.3 is 9.88 Å². The molecule has 2 rings (SSSR count). The average Bonchev–Trinajstić information content (AvgIpc) is 2.42. The van der Waals surface area contributed by atoms with Crippen LogP contribution in [0.2, 0.25) is 0 Å². The van der Waals surface area contributed by atoms with Gasteiger partial charge in [-0.25, -0.2) is 0 Å². The Balaban J connectivity index is 1.74. The molecule has 1 N–H and O–H groups in total. The van der Waals surface area contributed by atoms with E-state index >= 15 is 0 Å². The van der Waals surface area contributed by atoms with Gasteiger partial charge in [0.05, 0.1) is 0 Å². The van der Waals surface area contributed by atoms with Crippen molar-refractivity contribution < 1.29 is 0 Å². The summed E-state index contributed by atoms with van der Waals surface area (Å²) in [5.41, 5.74) is 0.0876. The third-order valence-corrected chi connectivity index (χ3v) is 4.07. The molecule has 1 fully saturated rings. The second-order valence-electron chi connectivity index (χ2n) is 5.37. The molecule has 0 radical (unpaired) electrons. The smallest absolute Gasteiger partial charge is 0.250 e. The van der Waals surface area contributed by atoms with Gasteiger partial charge in [-0.15, -0.1) is 0 Å². The molecular formula is C15H24N2O. The lowest BCUT2D eigenvalue weighted by Gasteiger charge is -2.28. The summed E-state index contributed by atoms with van der Waals surface area (Å²) in [6.45, 7) is 3.92. The zero-order valence-corrected chi connectivity index (χ0v) is 11.3. The zero-order chi connectivity index (χ0) is 12.8. The van der Waals surface area contributed by atoms with Crippen LogP contribution in [-0.4, -0.2) is 17.2 Å². The summed E-state index contributed by atoms with van der Waals surface area (Å²) < 4.78 is 1.76. The van der Waals surface area contributed by atoms with Crippen LogP contribution >= 0.6 is 0 Å². The third kappa shape index (κ3) is 3.70. The molecule has 1 aliphatic carbocycles. The van der Waals surface area contributed by atoms with Gasteiger partial charge in [0.25, 0.3) is 5.56 Å². The maximum Gasteiger partial charge on any atom is 0.250 e. The number of hydrogen-bond donors (Lipinski definition) is 1. The summed E-state index contributed by atoms with van der Waals surface area (Å²) in [6.07, 6.45) is 8.75. The van der Waals surface area contributed by atoms with Gasteiger partial charge in [0.1, 0.15) is 0 Å². The van der Waals surface area contributed by atoms with Crippen molar-refractivity contribution in [2.75, 3.05) is 6.54 Å². The second-order valence-corrected chi connectivity index (χ2v) is 5.37. The summed E-state index contributed by atoms with van der Waals surface area (Å²) in [5, 5.41) is 3.57. The molecule has 0 aromatic carbocycles. The molecule has 1 aliphatic rings. The van der Waals surface area contributed by atoms with Crippen LogP contribution in [0.1, 0.15) is 39.0 Å². The molecule has 0 spiro atoms. The summed E-state index contributed by atoms with van der Waals surface area (Å²) in [5.74, 6) is 0.825. The van der Waals surface area contributed by atoms with Crippen LogP contribution in [0.4, 0.5) is 0 Å². The van der Waals surface area contributed by atoms with E-state index in [1.165, 1.54) is 32.1 Å². The molecule has 1 aromatic heterocycles. The van der Waals surface area contributed by atoms with E-state index in [0.717, 1.165) is 19.0 Å². The summed E-state index contributed by atoms with van der Waals surface area (Å²) >= 11 is 0. The zero-order valence-electron chi connectivity index (χ0n) is 11.3. The van der Waals surface area contributed by atoms with Gasteiger partial charge in [-0.1, -0.05) is 25.3 Å². The topological polar surface area (TPSA) is 34.0 Å². The van der Waals surface area contributed by atoms with Crippen LogP contribution in [0.15, 0.2) is 29.2 Å². The van der Waals surface area contributed by atoms with Crippen molar-refractivity contribution in [1.29, 1.82) is 0 Å². The molecule has 1 aromatic rings. The van der Waals surface area contributed by atoms with Gasteiger partial charge in [-0.2, -0.15) is 0 Å². The fourth-order valence-corrected chi connectivity index (χ4v) is 2.86. The van der Waals surface area contributed by atoms with Crippen LogP contribution in [0, 0.1) is 5.92 Å². The van der Waals surface area contributed by atoms with Crippen molar-refractivity contribution in [3.05, 3.63) is 34.7 Å². The number of aromatic nitrogens is 1. The van der Waals surface area contributed by atoms with E-state index in [2.05, 4.69) is 12.2 Å². The molecule has 1 saturated carbocycles. The van der Waals surface area contributed by atoms with Gasteiger partial charge >= 0.3 is 0 Å². The maximum atomic E-state index is 11.5. The van der Waals surface area contributed by atoms with E-state index in [-0.39, 0.29) is 5.56 Å². The molecule has 0 aliphatic heterocycles. The first-order valence-corrected chi connectivity index (χ1v) is 7.16. The Hall–Kier alpha value is -1.09. The lowest BCUT2D eigenvalue weighted by Crippen LogP contribution is -2.37. The number of rotatable bonds is 5. The van der Waals surface area contributed by atoms with Crippen LogP contribution in [-0.2, 0) is 6.54 Å². The van der Waals surface area contributed by atoms with Crippen molar-refractivity contribution in [1.82, 2.24) is 9.88 Å². The minimum absolute atomic E-state index is 0.0876. The Kier molecular flexibility index (Phi) is 5.00. The average molecular weight is 248 g/mol. The largest absolute Gasteiger partial charge is 0.314 e. The highest BCUT2D eigenvalue weighted by atomic mass is 16.1. The van der Waals surface area contributed by atoms with E-state index in [4.69, 9.17) is 0 Å². The second kappa shape index (κ2) is 6.74. The molecule has 1 atom stereocenters. The molecule has 3 nitrogen and oxygen atoms in total. The molecule has 0 saturated heterocycles. The van der Waals surface area contributed by atoms with Crippen LogP contribution in [0.3, 0.4) is 0 Å². The normalized spacial score (nSPS) is 18.7. The molecule has 100 valence electrons. The van der Waals surface area contributed by atoms with Gasteiger partial charge in [-0.3, -0.25) is 4.79 Å². The van der Waals surface area contributed by atoms with E-state index in [1.54, 1.807) is 16.7 Å². The molecule has 0 amide bonds. The molecule has 1 heterocycles. The van der Waals surface area contributed by atoms with Crippen molar-refractivity contribution in [3.8, 4) is 0 Å².